The van der Waals surface area contributed by atoms with Crippen LogP contribution in [0.2, 0.25) is 0 Å². The number of esters is 1. The molecule has 6 heteroatoms. The molecular formula is C15H28O6. The molecule has 1 heterocycles. The minimum absolute atomic E-state index is 0.0803. The van der Waals surface area contributed by atoms with Crippen molar-refractivity contribution in [2.24, 2.45) is 5.92 Å². The maximum atomic E-state index is 11.7. The van der Waals surface area contributed by atoms with Crippen LogP contribution in [0.15, 0.2) is 0 Å². The Bertz CT molecular complexity index is 334. The molecule has 1 aliphatic rings. The fourth-order valence-corrected chi connectivity index (χ4v) is 2.15. The third-order valence-corrected chi connectivity index (χ3v) is 3.98. The largest absolute Gasteiger partial charge is 0.463 e. The summed E-state index contributed by atoms with van der Waals surface area (Å²) in [4.78, 5) is 11.7. The molecule has 0 amide bonds. The van der Waals surface area contributed by atoms with Gasteiger partial charge >= 0.3 is 5.97 Å². The Morgan fingerprint density at radius 3 is 2.38 bits per heavy atom. The van der Waals surface area contributed by atoms with Gasteiger partial charge < -0.3 is 24.4 Å². The normalized spacial score (nSPS) is 36.0. The van der Waals surface area contributed by atoms with E-state index in [-0.39, 0.29) is 30.5 Å². The van der Waals surface area contributed by atoms with Crippen LogP contribution in [0.4, 0.5) is 0 Å². The van der Waals surface area contributed by atoms with Crippen LogP contribution in [-0.2, 0) is 19.0 Å². The molecule has 1 rings (SSSR count). The van der Waals surface area contributed by atoms with Gasteiger partial charge in [0.25, 0.3) is 0 Å². The van der Waals surface area contributed by atoms with Gasteiger partial charge in [-0.25, -0.2) is 0 Å². The highest BCUT2D eigenvalue weighted by Crippen LogP contribution is 2.27. The Labute approximate surface area is 126 Å². The van der Waals surface area contributed by atoms with Crippen LogP contribution >= 0.6 is 0 Å². The summed E-state index contributed by atoms with van der Waals surface area (Å²) < 4.78 is 16.3. The lowest BCUT2D eigenvalue weighted by atomic mass is 9.92. The second-order valence-corrected chi connectivity index (χ2v) is 5.91. The molecule has 0 spiro atoms. The Morgan fingerprint density at radius 1 is 1.19 bits per heavy atom. The standard InChI is InChI=1S/C15H28O6/c1-6-8(2)19-12(16)7-9(3)20-15-14(18)13(17)10(4)11(5)21-15/h8-11,13-15,17-18H,6-7H2,1-5H3. The van der Waals surface area contributed by atoms with Crippen molar-refractivity contribution in [2.75, 3.05) is 0 Å². The van der Waals surface area contributed by atoms with Gasteiger partial charge in [0.15, 0.2) is 6.29 Å². The Balaban J connectivity index is 2.46. The van der Waals surface area contributed by atoms with Crippen LogP contribution in [0.5, 0.6) is 0 Å². The first-order valence-corrected chi connectivity index (χ1v) is 7.62. The zero-order valence-electron chi connectivity index (χ0n) is 13.5. The molecule has 0 aromatic carbocycles. The molecule has 0 aromatic heterocycles. The van der Waals surface area contributed by atoms with E-state index in [1.54, 1.807) is 6.92 Å². The van der Waals surface area contributed by atoms with E-state index in [2.05, 4.69) is 0 Å². The van der Waals surface area contributed by atoms with Crippen molar-refractivity contribution in [3.05, 3.63) is 0 Å². The SMILES string of the molecule is CCC(C)OC(=O)CC(C)OC1OC(C)C(C)C(O)C1O. The van der Waals surface area contributed by atoms with Crippen LogP contribution in [0.25, 0.3) is 0 Å². The van der Waals surface area contributed by atoms with Crippen LogP contribution < -0.4 is 0 Å². The van der Waals surface area contributed by atoms with E-state index in [1.807, 2.05) is 27.7 Å². The third kappa shape index (κ3) is 5.21. The lowest BCUT2D eigenvalue weighted by Gasteiger charge is -2.40. The van der Waals surface area contributed by atoms with Crippen molar-refractivity contribution in [3.63, 3.8) is 0 Å². The van der Waals surface area contributed by atoms with E-state index in [1.165, 1.54) is 0 Å². The van der Waals surface area contributed by atoms with Crippen LogP contribution in [0, 0.1) is 5.92 Å². The molecule has 0 bridgehead atoms. The maximum absolute atomic E-state index is 11.7. The number of carbonyl (C=O) groups is 1. The molecule has 0 radical (unpaired) electrons. The molecule has 0 saturated carbocycles. The minimum atomic E-state index is -1.12. The topological polar surface area (TPSA) is 85.2 Å². The second kappa shape index (κ2) is 8.08. The van der Waals surface area contributed by atoms with Gasteiger partial charge in [0.05, 0.1) is 30.8 Å². The van der Waals surface area contributed by atoms with Crippen molar-refractivity contribution in [1.29, 1.82) is 0 Å². The Morgan fingerprint density at radius 2 is 1.81 bits per heavy atom. The van der Waals surface area contributed by atoms with Crippen molar-refractivity contribution >= 4 is 5.97 Å². The molecule has 1 fully saturated rings. The van der Waals surface area contributed by atoms with Gasteiger partial charge in [-0.2, -0.15) is 0 Å². The van der Waals surface area contributed by atoms with Crippen molar-refractivity contribution < 1.29 is 29.2 Å². The van der Waals surface area contributed by atoms with E-state index in [4.69, 9.17) is 14.2 Å². The number of aliphatic hydroxyl groups excluding tert-OH is 2. The van der Waals surface area contributed by atoms with E-state index in [0.29, 0.717) is 0 Å². The van der Waals surface area contributed by atoms with E-state index < -0.39 is 24.6 Å². The molecule has 1 saturated heterocycles. The van der Waals surface area contributed by atoms with Gasteiger partial charge in [0.1, 0.15) is 6.10 Å². The van der Waals surface area contributed by atoms with Gasteiger partial charge in [0.2, 0.25) is 0 Å². The fourth-order valence-electron chi connectivity index (χ4n) is 2.15. The van der Waals surface area contributed by atoms with E-state index in [0.717, 1.165) is 6.42 Å². The Hall–Kier alpha value is -0.690. The molecule has 124 valence electrons. The average Bonchev–Trinajstić information content (AvgIpc) is 2.41. The number of hydrogen-bond donors (Lipinski definition) is 2. The van der Waals surface area contributed by atoms with Crippen molar-refractivity contribution in [1.82, 2.24) is 0 Å². The molecule has 21 heavy (non-hydrogen) atoms. The van der Waals surface area contributed by atoms with Gasteiger partial charge in [-0.1, -0.05) is 13.8 Å². The average molecular weight is 304 g/mol. The summed E-state index contributed by atoms with van der Waals surface area (Å²) in [7, 11) is 0. The Kier molecular flexibility index (Phi) is 7.06. The van der Waals surface area contributed by atoms with Crippen LogP contribution in [-0.4, -0.2) is 53.0 Å². The predicted molar refractivity (Wildman–Crippen MR) is 76.5 cm³/mol. The molecule has 6 nitrogen and oxygen atoms in total. The summed E-state index contributed by atoms with van der Waals surface area (Å²) in [6, 6.07) is 0. The summed E-state index contributed by atoms with van der Waals surface area (Å²) in [5.74, 6) is -0.519. The van der Waals surface area contributed by atoms with Crippen LogP contribution in [0.1, 0.15) is 47.5 Å². The number of ether oxygens (including phenoxy) is 3. The maximum Gasteiger partial charge on any atom is 0.308 e. The monoisotopic (exact) mass is 304 g/mol. The fraction of sp³-hybridized carbons (Fsp3) is 0.933. The summed E-state index contributed by atoms with van der Waals surface area (Å²) in [6.45, 7) is 9.10. The summed E-state index contributed by atoms with van der Waals surface area (Å²) >= 11 is 0. The molecule has 0 aromatic rings. The number of hydrogen-bond acceptors (Lipinski definition) is 6. The third-order valence-electron chi connectivity index (χ3n) is 3.98. The van der Waals surface area contributed by atoms with Gasteiger partial charge in [-0.15, -0.1) is 0 Å². The molecule has 2 N–H and O–H groups in total. The summed E-state index contributed by atoms with van der Waals surface area (Å²) in [5, 5.41) is 19.9. The summed E-state index contributed by atoms with van der Waals surface area (Å²) in [5.41, 5.74) is 0. The second-order valence-electron chi connectivity index (χ2n) is 5.91. The molecule has 0 aliphatic carbocycles. The number of aliphatic hydroxyl groups is 2. The zero-order valence-corrected chi connectivity index (χ0v) is 13.5. The molecule has 7 unspecified atom stereocenters. The summed E-state index contributed by atoms with van der Waals surface area (Å²) in [6.07, 6.45) is -2.94. The highest BCUT2D eigenvalue weighted by atomic mass is 16.7. The first-order chi connectivity index (χ1) is 9.76. The molecule has 7 atom stereocenters. The van der Waals surface area contributed by atoms with Gasteiger partial charge in [-0.05, 0) is 27.2 Å². The van der Waals surface area contributed by atoms with Crippen molar-refractivity contribution in [3.8, 4) is 0 Å². The highest BCUT2D eigenvalue weighted by molar-refractivity contribution is 5.70. The van der Waals surface area contributed by atoms with E-state index in [9.17, 15) is 15.0 Å². The lowest BCUT2D eigenvalue weighted by molar-refractivity contribution is -0.290. The van der Waals surface area contributed by atoms with Crippen LogP contribution in [0.3, 0.4) is 0 Å². The number of carbonyl (C=O) groups excluding carboxylic acids is 1. The number of rotatable bonds is 6. The lowest BCUT2D eigenvalue weighted by Crippen LogP contribution is -2.54. The zero-order chi connectivity index (χ0) is 16.2. The van der Waals surface area contributed by atoms with Crippen molar-refractivity contribution in [2.45, 2.75) is 84.3 Å². The first kappa shape index (κ1) is 18.4. The quantitative estimate of drug-likeness (QED) is 0.718. The molecule has 1 aliphatic heterocycles. The van der Waals surface area contributed by atoms with E-state index >= 15 is 0 Å². The van der Waals surface area contributed by atoms with Gasteiger partial charge in [-0.3, -0.25) is 4.79 Å². The minimum Gasteiger partial charge on any atom is -0.463 e. The van der Waals surface area contributed by atoms with Gasteiger partial charge in [0, 0.05) is 5.92 Å². The molecular weight excluding hydrogens is 276 g/mol. The first-order valence-electron chi connectivity index (χ1n) is 7.62. The smallest absolute Gasteiger partial charge is 0.308 e. The predicted octanol–water partition coefficient (Wildman–Crippen LogP) is 1.23. The highest BCUT2D eigenvalue weighted by Gasteiger charge is 2.41.